The Morgan fingerprint density at radius 2 is 1.77 bits per heavy atom. The highest BCUT2D eigenvalue weighted by Gasteiger charge is 2.33. The molecular formula is C27H30N2O5S. The Morgan fingerprint density at radius 3 is 2.34 bits per heavy atom. The lowest BCUT2D eigenvalue weighted by Crippen LogP contribution is -2.42. The van der Waals surface area contributed by atoms with Crippen LogP contribution in [0.15, 0.2) is 53.1 Å². The third-order valence-electron chi connectivity index (χ3n) is 6.46. The van der Waals surface area contributed by atoms with Crippen molar-refractivity contribution in [2.75, 3.05) is 10.2 Å². The topological polar surface area (TPSA) is 99.9 Å². The Balaban J connectivity index is 1.59. The van der Waals surface area contributed by atoms with E-state index in [2.05, 4.69) is 12.2 Å². The number of nitrogens with zero attached hydrogens (tertiary/aromatic N) is 1. The molecule has 3 aromatic rings. The van der Waals surface area contributed by atoms with Gasteiger partial charge in [-0.2, -0.15) is 0 Å². The fraction of sp³-hybridized carbons (Fsp3) is 0.370. The minimum absolute atomic E-state index is 0.00902. The van der Waals surface area contributed by atoms with E-state index in [0.29, 0.717) is 17.3 Å². The number of hydrogen-bond donors (Lipinski definition) is 2. The number of amides is 2. The van der Waals surface area contributed by atoms with Crippen molar-refractivity contribution in [2.24, 2.45) is 11.8 Å². The summed E-state index contributed by atoms with van der Waals surface area (Å²) in [4.78, 5) is 40.4. The average Bonchev–Trinajstić information content (AvgIpc) is 3.51. The predicted molar refractivity (Wildman–Crippen MR) is 137 cm³/mol. The highest BCUT2D eigenvalue weighted by Crippen LogP contribution is 2.40. The quantitative estimate of drug-likeness (QED) is 0.389. The van der Waals surface area contributed by atoms with Crippen molar-refractivity contribution in [2.45, 2.75) is 52.5 Å². The molecule has 0 unspecified atom stereocenters. The van der Waals surface area contributed by atoms with Gasteiger partial charge in [-0.25, -0.2) is 4.79 Å². The number of carboxylic acid groups (broad SMARTS) is 1. The molecule has 4 rings (SSSR count). The number of hydrogen-bond acceptors (Lipinski definition) is 5. The predicted octanol–water partition coefficient (Wildman–Crippen LogP) is 6.53. The molecule has 1 aliphatic carbocycles. The summed E-state index contributed by atoms with van der Waals surface area (Å²) in [6.07, 6.45) is 5.16. The molecule has 0 spiro atoms. The molecule has 0 aliphatic heterocycles. The third-order valence-corrected chi connectivity index (χ3v) is 7.62. The molecule has 0 saturated heterocycles. The molecule has 2 N–H and O–H groups in total. The first-order chi connectivity index (χ1) is 16.7. The number of benzene rings is 1. The molecular weight excluding hydrogens is 464 g/mol. The van der Waals surface area contributed by atoms with E-state index in [0.717, 1.165) is 47.5 Å². The van der Waals surface area contributed by atoms with Gasteiger partial charge in [0.1, 0.15) is 4.88 Å². The van der Waals surface area contributed by atoms with E-state index in [4.69, 9.17) is 4.42 Å². The Bertz CT molecular complexity index is 1190. The van der Waals surface area contributed by atoms with Gasteiger partial charge in [-0.05, 0) is 81.3 Å². The molecule has 2 aromatic heterocycles. The van der Waals surface area contributed by atoms with Crippen LogP contribution in [0.4, 0.5) is 11.4 Å². The zero-order valence-corrected chi connectivity index (χ0v) is 20.9. The molecule has 184 valence electrons. The second kappa shape index (κ2) is 10.5. The van der Waals surface area contributed by atoms with Crippen LogP contribution in [0, 0.1) is 11.8 Å². The summed E-state index contributed by atoms with van der Waals surface area (Å²) >= 11 is 1.15. The standard InChI is InChI=1S/C27H30N2O5S/c1-16(2)29(26(31)19-8-6-17(3)7-9-19)21-15-23(35-24(21)27(32)33)18-10-12-20(13-11-18)28-25(30)22-5-4-14-34-22/h4-5,10-17,19H,6-9H2,1-3H3,(H,28,30)(H,32,33). The van der Waals surface area contributed by atoms with E-state index in [1.54, 1.807) is 35.2 Å². The molecule has 7 nitrogen and oxygen atoms in total. The van der Waals surface area contributed by atoms with Gasteiger partial charge in [0.2, 0.25) is 5.91 Å². The molecule has 0 radical (unpaired) electrons. The van der Waals surface area contributed by atoms with E-state index in [-0.39, 0.29) is 34.4 Å². The molecule has 1 aromatic carbocycles. The van der Waals surface area contributed by atoms with Crippen LogP contribution in [0.5, 0.6) is 0 Å². The van der Waals surface area contributed by atoms with Crippen molar-refractivity contribution in [1.29, 1.82) is 0 Å². The van der Waals surface area contributed by atoms with Crippen LogP contribution >= 0.6 is 11.3 Å². The second-order valence-electron chi connectivity index (χ2n) is 9.40. The monoisotopic (exact) mass is 494 g/mol. The van der Waals surface area contributed by atoms with Crippen LogP contribution in [-0.2, 0) is 4.79 Å². The smallest absolute Gasteiger partial charge is 0.348 e. The summed E-state index contributed by atoms with van der Waals surface area (Å²) in [6, 6.07) is 12.0. The molecule has 8 heteroatoms. The normalized spacial score (nSPS) is 17.8. The second-order valence-corrected chi connectivity index (χ2v) is 10.4. The SMILES string of the molecule is CC1CCC(C(=O)N(c2cc(-c3ccc(NC(=O)c4ccco4)cc3)sc2C(=O)O)C(C)C)CC1. The first kappa shape index (κ1) is 24.7. The summed E-state index contributed by atoms with van der Waals surface area (Å²) in [6.45, 7) is 6.05. The molecule has 2 amide bonds. The van der Waals surface area contributed by atoms with Gasteiger partial charge in [0, 0.05) is 22.5 Å². The first-order valence-corrected chi connectivity index (χ1v) is 12.7. The number of carboxylic acids is 1. The summed E-state index contributed by atoms with van der Waals surface area (Å²) in [5.74, 6) is -0.619. The molecule has 1 aliphatic rings. The van der Waals surface area contributed by atoms with Crippen molar-refractivity contribution < 1.29 is 23.9 Å². The van der Waals surface area contributed by atoms with Crippen LogP contribution in [0.3, 0.4) is 0 Å². The fourth-order valence-corrected chi connectivity index (χ4v) is 5.52. The largest absolute Gasteiger partial charge is 0.477 e. The van der Waals surface area contributed by atoms with Crippen molar-refractivity contribution in [3.63, 3.8) is 0 Å². The molecule has 1 saturated carbocycles. The van der Waals surface area contributed by atoms with Gasteiger partial charge in [-0.1, -0.05) is 19.1 Å². The average molecular weight is 495 g/mol. The van der Waals surface area contributed by atoms with E-state index in [1.165, 1.54) is 6.26 Å². The zero-order valence-electron chi connectivity index (χ0n) is 20.1. The van der Waals surface area contributed by atoms with Crippen molar-refractivity contribution in [1.82, 2.24) is 0 Å². The van der Waals surface area contributed by atoms with Crippen molar-refractivity contribution >= 4 is 40.5 Å². The molecule has 1 fully saturated rings. The molecule has 0 bridgehead atoms. The minimum Gasteiger partial charge on any atom is -0.477 e. The van der Waals surface area contributed by atoms with Crippen LogP contribution in [0.1, 0.15) is 66.7 Å². The van der Waals surface area contributed by atoms with Crippen LogP contribution < -0.4 is 10.2 Å². The lowest BCUT2D eigenvalue weighted by atomic mass is 9.82. The highest BCUT2D eigenvalue weighted by molar-refractivity contribution is 7.18. The summed E-state index contributed by atoms with van der Waals surface area (Å²) < 4.78 is 5.11. The van der Waals surface area contributed by atoms with Crippen molar-refractivity contribution in [3.05, 3.63) is 59.4 Å². The van der Waals surface area contributed by atoms with E-state index >= 15 is 0 Å². The highest BCUT2D eigenvalue weighted by atomic mass is 32.1. The number of carbonyl (C=O) groups is 3. The Labute approximate surface area is 208 Å². The number of nitrogens with one attached hydrogen (secondary N) is 1. The lowest BCUT2D eigenvalue weighted by molar-refractivity contribution is -0.123. The fourth-order valence-electron chi connectivity index (χ4n) is 4.53. The Hall–Kier alpha value is -3.39. The third kappa shape index (κ3) is 5.48. The Morgan fingerprint density at radius 1 is 1.09 bits per heavy atom. The van der Waals surface area contributed by atoms with E-state index in [1.807, 2.05) is 26.0 Å². The van der Waals surface area contributed by atoms with Gasteiger partial charge < -0.3 is 19.7 Å². The van der Waals surface area contributed by atoms with Crippen LogP contribution in [0.25, 0.3) is 10.4 Å². The van der Waals surface area contributed by atoms with E-state index in [9.17, 15) is 19.5 Å². The van der Waals surface area contributed by atoms with Gasteiger partial charge in [0.05, 0.1) is 12.0 Å². The molecule has 35 heavy (non-hydrogen) atoms. The van der Waals surface area contributed by atoms with E-state index < -0.39 is 5.97 Å². The van der Waals surface area contributed by atoms with Gasteiger partial charge in [0.25, 0.3) is 5.91 Å². The van der Waals surface area contributed by atoms with Crippen LogP contribution in [-0.4, -0.2) is 28.9 Å². The summed E-state index contributed by atoms with van der Waals surface area (Å²) in [5.41, 5.74) is 1.85. The maximum Gasteiger partial charge on any atom is 0.348 e. The first-order valence-electron chi connectivity index (χ1n) is 11.9. The molecule has 2 heterocycles. The number of carbonyl (C=O) groups excluding carboxylic acids is 2. The number of rotatable bonds is 7. The van der Waals surface area contributed by atoms with Gasteiger partial charge in [-0.15, -0.1) is 11.3 Å². The zero-order chi connectivity index (χ0) is 25.1. The summed E-state index contributed by atoms with van der Waals surface area (Å²) in [7, 11) is 0. The lowest BCUT2D eigenvalue weighted by Gasteiger charge is -2.33. The van der Waals surface area contributed by atoms with Gasteiger partial charge in [-0.3, -0.25) is 9.59 Å². The Kier molecular flexibility index (Phi) is 7.40. The maximum atomic E-state index is 13.5. The van der Waals surface area contributed by atoms with Crippen LogP contribution in [0.2, 0.25) is 0 Å². The number of aromatic carboxylic acids is 1. The summed E-state index contributed by atoms with van der Waals surface area (Å²) in [5, 5.41) is 12.7. The number of anilines is 2. The maximum absolute atomic E-state index is 13.5. The minimum atomic E-state index is -1.05. The van der Waals surface area contributed by atoms with Gasteiger partial charge in [0.15, 0.2) is 5.76 Å². The number of thiophene rings is 1. The molecule has 0 atom stereocenters. The number of furan rings is 1. The van der Waals surface area contributed by atoms with Crippen molar-refractivity contribution in [3.8, 4) is 10.4 Å². The van der Waals surface area contributed by atoms with Gasteiger partial charge >= 0.3 is 5.97 Å².